The number of rotatable bonds is 6. The van der Waals surface area contributed by atoms with Crippen LogP contribution in [0.3, 0.4) is 0 Å². The van der Waals surface area contributed by atoms with Gasteiger partial charge >= 0.3 is 6.09 Å². The van der Waals surface area contributed by atoms with Crippen molar-refractivity contribution in [2.24, 2.45) is 5.92 Å². The average Bonchev–Trinajstić information content (AvgIpc) is 3.24. The number of nitrogens with one attached hydrogen (secondary N) is 1. The van der Waals surface area contributed by atoms with Gasteiger partial charge in [0.25, 0.3) is 0 Å². The number of carbonyl (C=O) groups excluding carboxylic acids is 1. The highest BCUT2D eigenvalue weighted by molar-refractivity contribution is 5.92. The van der Waals surface area contributed by atoms with Crippen LogP contribution in [0.2, 0.25) is 0 Å². The topological polar surface area (TPSA) is 87.6 Å². The lowest BCUT2D eigenvalue weighted by atomic mass is 10.1. The smallest absolute Gasteiger partial charge is 0.407 e. The molecule has 0 radical (unpaired) electrons. The molecule has 1 aromatic heterocycles. The Morgan fingerprint density at radius 3 is 2.94 bits per heavy atom. The van der Waals surface area contributed by atoms with E-state index in [1.54, 1.807) is 12.1 Å². The number of aromatic hydroxyl groups is 1. The summed E-state index contributed by atoms with van der Waals surface area (Å²) in [5.74, 6) is 1.85. The van der Waals surface area contributed by atoms with Gasteiger partial charge in [-0.15, -0.1) is 0 Å². The highest BCUT2D eigenvalue weighted by Gasteiger charge is 2.26. The minimum Gasteiger partial charge on any atom is -0.507 e. The van der Waals surface area contributed by atoms with Crippen LogP contribution in [0.15, 0.2) is 42.5 Å². The molecule has 1 fully saturated rings. The predicted molar refractivity (Wildman–Crippen MR) is 126 cm³/mol. The van der Waals surface area contributed by atoms with Gasteiger partial charge in [0.1, 0.15) is 11.6 Å². The van der Waals surface area contributed by atoms with Crippen molar-refractivity contribution in [3.63, 3.8) is 0 Å². The summed E-state index contributed by atoms with van der Waals surface area (Å²) in [7, 11) is 0. The molecule has 31 heavy (non-hydrogen) atoms. The van der Waals surface area contributed by atoms with E-state index in [1.165, 1.54) is 0 Å². The molecule has 2 N–H and O–H groups in total. The number of phenols is 1. The first kappa shape index (κ1) is 20.9. The number of amides is 1. The number of hydrogen-bond donors (Lipinski definition) is 2. The molecule has 1 saturated heterocycles. The fourth-order valence-electron chi connectivity index (χ4n) is 3.91. The summed E-state index contributed by atoms with van der Waals surface area (Å²) < 4.78 is 5.10. The van der Waals surface area contributed by atoms with Gasteiger partial charge in [-0.25, -0.2) is 14.8 Å². The molecule has 1 aliphatic rings. The highest BCUT2D eigenvalue weighted by atomic mass is 16.5. The Hall–Kier alpha value is -3.35. The fourth-order valence-corrected chi connectivity index (χ4v) is 3.91. The molecule has 3 aromatic rings. The SMILES string of the molecule is CCCOC(=O)NC[C@@H]1CCN(c2nc(-c3ccccc3O)nc3cc(C)ccc23)C1.[HH].[HH]. The Balaban J connectivity index is 0.00000193. The zero-order valence-corrected chi connectivity index (χ0v) is 18.0. The third-order valence-corrected chi connectivity index (χ3v) is 5.53. The first-order valence-electron chi connectivity index (χ1n) is 10.8. The Morgan fingerprint density at radius 2 is 2.13 bits per heavy atom. The van der Waals surface area contributed by atoms with Crippen LogP contribution in [-0.4, -0.2) is 47.4 Å². The Morgan fingerprint density at radius 1 is 1.29 bits per heavy atom. The van der Waals surface area contributed by atoms with Gasteiger partial charge in [-0.3, -0.25) is 0 Å². The second-order valence-electron chi connectivity index (χ2n) is 8.03. The molecule has 4 rings (SSSR count). The molecule has 0 saturated carbocycles. The lowest BCUT2D eigenvalue weighted by molar-refractivity contribution is 0.145. The largest absolute Gasteiger partial charge is 0.507 e. The molecule has 0 aliphatic carbocycles. The highest BCUT2D eigenvalue weighted by Crippen LogP contribution is 2.33. The van der Waals surface area contributed by atoms with Gasteiger partial charge in [0.15, 0.2) is 5.82 Å². The van der Waals surface area contributed by atoms with E-state index in [9.17, 15) is 9.90 Å². The summed E-state index contributed by atoms with van der Waals surface area (Å²) in [4.78, 5) is 23.6. The second-order valence-corrected chi connectivity index (χ2v) is 8.03. The molecule has 2 aromatic carbocycles. The van der Waals surface area contributed by atoms with Gasteiger partial charge in [0.2, 0.25) is 0 Å². The number of phenolic OH excluding ortho intramolecular Hbond substituents is 1. The summed E-state index contributed by atoms with van der Waals surface area (Å²) in [6.07, 6.45) is 1.41. The number of alkyl carbamates (subject to hydrolysis) is 1. The second kappa shape index (κ2) is 9.20. The molecule has 7 heteroatoms. The van der Waals surface area contributed by atoms with Crippen molar-refractivity contribution < 1.29 is 17.5 Å². The zero-order valence-electron chi connectivity index (χ0n) is 18.0. The van der Waals surface area contributed by atoms with E-state index in [2.05, 4.69) is 22.3 Å². The minimum atomic E-state index is -0.356. The van der Waals surface area contributed by atoms with Crippen LogP contribution in [-0.2, 0) is 4.74 Å². The molecule has 1 atom stereocenters. The number of fused-ring (bicyclic) bond motifs is 1. The van der Waals surface area contributed by atoms with Gasteiger partial charge in [0.05, 0.1) is 17.7 Å². The number of hydrogen-bond acceptors (Lipinski definition) is 6. The quantitative estimate of drug-likeness (QED) is 0.593. The molecule has 0 unspecified atom stereocenters. The maximum absolute atomic E-state index is 11.8. The van der Waals surface area contributed by atoms with E-state index in [0.29, 0.717) is 30.5 Å². The van der Waals surface area contributed by atoms with Crippen LogP contribution in [0.1, 0.15) is 28.2 Å². The van der Waals surface area contributed by atoms with Gasteiger partial charge < -0.3 is 20.1 Å². The number of aromatic nitrogens is 2. The normalized spacial score (nSPS) is 15.9. The Bertz CT molecular complexity index is 1100. The lowest BCUT2D eigenvalue weighted by Crippen LogP contribution is -2.31. The van der Waals surface area contributed by atoms with E-state index < -0.39 is 0 Å². The fraction of sp³-hybridized carbons (Fsp3) is 0.375. The van der Waals surface area contributed by atoms with Crippen molar-refractivity contribution in [3.05, 3.63) is 48.0 Å². The monoisotopic (exact) mass is 424 g/mol. The number of carbonyl (C=O) groups is 1. The van der Waals surface area contributed by atoms with E-state index in [-0.39, 0.29) is 14.7 Å². The van der Waals surface area contributed by atoms with Crippen LogP contribution in [0.5, 0.6) is 5.75 Å². The van der Waals surface area contributed by atoms with E-state index in [4.69, 9.17) is 14.7 Å². The molecule has 1 aliphatic heterocycles. The molecule has 166 valence electrons. The van der Waals surface area contributed by atoms with Crippen molar-refractivity contribution in [3.8, 4) is 17.1 Å². The van der Waals surface area contributed by atoms with Crippen LogP contribution in [0.4, 0.5) is 10.6 Å². The molecule has 7 nitrogen and oxygen atoms in total. The van der Waals surface area contributed by atoms with Crippen molar-refractivity contribution in [1.82, 2.24) is 15.3 Å². The van der Waals surface area contributed by atoms with Crippen LogP contribution in [0, 0.1) is 12.8 Å². The van der Waals surface area contributed by atoms with E-state index >= 15 is 0 Å². The number of para-hydroxylation sites is 1. The van der Waals surface area contributed by atoms with Crippen molar-refractivity contribution in [2.45, 2.75) is 26.7 Å². The van der Waals surface area contributed by atoms with Gasteiger partial charge in [-0.2, -0.15) is 0 Å². The number of ether oxygens (including phenoxy) is 1. The summed E-state index contributed by atoms with van der Waals surface area (Å²) in [5, 5.41) is 14.2. The van der Waals surface area contributed by atoms with Crippen molar-refractivity contribution in [2.75, 3.05) is 31.1 Å². The standard InChI is InChI=1S/C24H28N4O3.2H2/c1-3-12-31-24(30)25-14-17-10-11-28(15-17)23-18-9-8-16(2)13-20(18)26-22(27-23)19-6-4-5-7-21(19)29;;/h4-9,13,17,29H,3,10-12,14-15H2,1-2H3,(H,25,30);2*1H/t17-;;/m0../s1. The molecular formula is C24H32N4O3. The van der Waals surface area contributed by atoms with Crippen LogP contribution in [0.25, 0.3) is 22.3 Å². The molecule has 0 spiro atoms. The summed E-state index contributed by atoms with van der Waals surface area (Å²) in [6, 6.07) is 13.3. The van der Waals surface area contributed by atoms with Gasteiger partial charge in [-0.05, 0) is 55.5 Å². The zero-order chi connectivity index (χ0) is 21.8. The maximum Gasteiger partial charge on any atom is 0.407 e. The summed E-state index contributed by atoms with van der Waals surface area (Å²) in [6.45, 7) is 6.65. The number of aryl methyl sites for hydroxylation is 1. The first-order valence-corrected chi connectivity index (χ1v) is 10.8. The number of nitrogens with zero attached hydrogens (tertiary/aromatic N) is 3. The number of benzene rings is 2. The van der Waals surface area contributed by atoms with Crippen molar-refractivity contribution >= 4 is 22.8 Å². The summed E-state index contributed by atoms with van der Waals surface area (Å²) in [5.41, 5.74) is 2.59. The van der Waals surface area contributed by atoms with E-state index in [0.717, 1.165) is 48.2 Å². The molecular weight excluding hydrogens is 392 g/mol. The third-order valence-electron chi connectivity index (χ3n) is 5.53. The van der Waals surface area contributed by atoms with Crippen LogP contribution < -0.4 is 10.2 Å². The average molecular weight is 425 g/mol. The third kappa shape index (κ3) is 4.71. The molecule has 2 heterocycles. The Kier molecular flexibility index (Phi) is 6.21. The Labute approximate surface area is 185 Å². The lowest BCUT2D eigenvalue weighted by Gasteiger charge is -2.21. The number of anilines is 1. The van der Waals surface area contributed by atoms with Crippen molar-refractivity contribution in [1.29, 1.82) is 0 Å². The predicted octanol–water partition coefficient (Wildman–Crippen LogP) is 4.77. The maximum atomic E-state index is 11.8. The molecule has 1 amide bonds. The summed E-state index contributed by atoms with van der Waals surface area (Å²) >= 11 is 0. The van der Waals surface area contributed by atoms with Crippen LogP contribution >= 0.6 is 0 Å². The first-order chi connectivity index (χ1) is 15.0. The molecule has 0 bridgehead atoms. The van der Waals surface area contributed by atoms with Gasteiger partial charge in [-0.1, -0.05) is 25.1 Å². The van der Waals surface area contributed by atoms with Gasteiger partial charge in [0, 0.05) is 27.9 Å². The minimum absolute atomic E-state index is 0. The van der Waals surface area contributed by atoms with E-state index in [1.807, 2.05) is 32.0 Å².